The second kappa shape index (κ2) is 8.95. The summed E-state index contributed by atoms with van der Waals surface area (Å²) in [5.41, 5.74) is 2.92. The summed E-state index contributed by atoms with van der Waals surface area (Å²) in [5, 5.41) is 20.2. The Morgan fingerprint density at radius 2 is 1.88 bits per heavy atom. The fourth-order valence-corrected chi connectivity index (χ4v) is 3.94. The molecular weight excluding hydrogens is 418 g/mol. The zero-order chi connectivity index (χ0) is 22.8. The zero-order valence-corrected chi connectivity index (χ0v) is 18.6. The monoisotopic (exact) mass is 443 g/mol. The number of hydrogen-bond acceptors (Lipinski definition) is 7. The number of nitrogens with zero attached hydrogens (tertiary/aromatic N) is 6. The van der Waals surface area contributed by atoms with Crippen molar-refractivity contribution in [2.45, 2.75) is 18.9 Å². The summed E-state index contributed by atoms with van der Waals surface area (Å²) in [5.74, 6) is 0.823. The largest absolute Gasteiger partial charge is 0.490 e. The van der Waals surface area contributed by atoms with Crippen molar-refractivity contribution < 1.29 is 9.53 Å². The number of amides is 1. The first kappa shape index (κ1) is 21.0. The van der Waals surface area contributed by atoms with Crippen LogP contribution >= 0.6 is 0 Å². The maximum Gasteiger partial charge on any atom is 0.256 e. The minimum atomic E-state index is -0.262. The van der Waals surface area contributed by atoms with Gasteiger partial charge >= 0.3 is 0 Å². The van der Waals surface area contributed by atoms with Crippen LogP contribution < -0.4 is 10.1 Å². The van der Waals surface area contributed by atoms with E-state index in [9.17, 15) is 4.79 Å². The number of nitrogens with one attached hydrogen (secondary N) is 1. The molecule has 33 heavy (non-hydrogen) atoms. The highest BCUT2D eigenvalue weighted by Gasteiger charge is 2.18. The molecular formula is C24H25N7O2. The van der Waals surface area contributed by atoms with Crippen molar-refractivity contribution >= 4 is 22.6 Å². The second-order valence-corrected chi connectivity index (χ2v) is 8.38. The van der Waals surface area contributed by atoms with E-state index in [1.165, 1.54) is 0 Å². The van der Waals surface area contributed by atoms with E-state index in [-0.39, 0.29) is 12.0 Å². The van der Waals surface area contributed by atoms with E-state index in [2.05, 4.69) is 37.8 Å². The van der Waals surface area contributed by atoms with Crippen LogP contribution in [0.25, 0.3) is 22.2 Å². The number of piperidine rings is 1. The Balaban J connectivity index is 1.31. The van der Waals surface area contributed by atoms with Crippen LogP contribution in [0.5, 0.6) is 5.75 Å². The molecule has 168 valence electrons. The number of rotatable bonds is 5. The predicted octanol–water partition coefficient (Wildman–Crippen LogP) is 3.15. The Bertz CT molecular complexity index is 1290. The molecule has 3 heterocycles. The highest BCUT2D eigenvalue weighted by Crippen LogP contribution is 2.24. The van der Waals surface area contributed by atoms with Gasteiger partial charge in [0, 0.05) is 36.7 Å². The average Bonchev–Trinajstić information content (AvgIpc) is 3.26. The number of likely N-dealkylation sites (tertiary alicyclic amines) is 1. The molecule has 0 spiro atoms. The van der Waals surface area contributed by atoms with Crippen LogP contribution in [0, 0.1) is 0 Å². The molecule has 2 aromatic heterocycles. The van der Waals surface area contributed by atoms with Crippen LogP contribution in [0.4, 0.5) is 5.82 Å². The molecule has 5 rings (SSSR count). The van der Waals surface area contributed by atoms with Gasteiger partial charge in [0.15, 0.2) is 5.82 Å². The van der Waals surface area contributed by atoms with Crippen molar-refractivity contribution in [1.82, 2.24) is 30.1 Å². The molecule has 1 fully saturated rings. The third-order valence-corrected chi connectivity index (χ3v) is 5.79. The molecule has 9 nitrogen and oxygen atoms in total. The lowest BCUT2D eigenvalue weighted by Gasteiger charge is -2.29. The number of benzene rings is 2. The number of aryl methyl sites for hydroxylation is 1. The van der Waals surface area contributed by atoms with E-state index in [1.54, 1.807) is 22.9 Å². The van der Waals surface area contributed by atoms with Crippen LogP contribution in [0.2, 0.25) is 0 Å². The highest BCUT2D eigenvalue weighted by atomic mass is 16.5. The molecule has 1 aliphatic rings. The summed E-state index contributed by atoms with van der Waals surface area (Å²) in [6.45, 7) is 2.04. The Hall–Kier alpha value is -3.85. The molecule has 0 atom stereocenters. The second-order valence-electron chi connectivity index (χ2n) is 8.38. The molecule has 0 bridgehead atoms. The van der Waals surface area contributed by atoms with Gasteiger partial charge in [-0.25, -0.2) is 0 Å². The molecule has 1 amide bonds. The van der Waals surface area contributed by atoms with Crippen LogP contribution in [0.3, 0.4) is 0 Å². The highest BCUT2D eigenvalue weighted by molar-refractivity contribution is 6.04. The lowest BCUT2D eigenvalue weighted by molar-refractivity contribution is 0.102. The zero-order valence-electron chi connectivity index (χ0n) is 18.6. The number of aromatic nitrogens is 5. The van der Waals surface area contributed by atoms with Crippen LogP contribution in [0.1, 0.15) is 23.2 Å². The van der Waals surface area contributed by atoms with E-state index in [0.717, 1.165) is 48.1 Å². The minimum absolute atomic E-state index is 0.175. The van der Waals surface area contributed by atoms with Gasteiger partial charge in [-0.3, -0.25) is 9.48 Å². The molecule has 0 radical (unpaired) electrons. The summed E-state index contributed by atoms with van der Waals surface area (Å²) in [7, 11) is 3.94. The molecule has 1 saturated heterocycles. The molecule has 0 unspecified atom stereocenters. The van der Waals surface area contributed by atoms with E-state index in [1.807, 2.05) is 43.6 Å². The smallest absolute Gasteiger partial charge is 0.256 e. The van der Waals surface area contributed by atoms with Crippen molar-refractivity contribution in [3.63, 3.8) is 0 Å². The number of carbonyl (C=O) groups excluding carboxylic acids is 1. The lowest BCUT2D eigenvalue weighted by atomic mass is 10.1. The first-order chi connectivity index (χ1) is 16.0. The Labute approximate surface area is 191 Å². The third-order valence-electron chi connectivity index (χ3n) is 5.79. The number of ether oxygens (including phenoxy) is 1. The van der Waals surface area contributed by atoms with E-state index in [0.29, 0.717) is 17.1 Å². The van der Waals surface area contributed by atoms with Crippen LogP contribution in [-0.4, -0.2) is 62.2 Å². The average molecular weight is 444 g/mol. The summed E-state index contributed by atoms with van der Waals surface area (Å²) in [4.78, 5) is 15.2. The van der Waals surface area contributed by atoms with Gasteiger partial charge in [0.1, 0.15) is 17.5 Å². The van der Waals surface area contributed by atoms with Gasteiger partial charge in [-0.1, -0.05) is 17.3 Å². The van der Waals surface area contributed by atoms with Crippen molar-refractivity contribution in [2.24, 2.45) is 7.05 Å². The summed E-state index contributed by atoms with van der Waals surface area (Å²) in [6, 6.07) is 14.8. The Kier molecular flexibility index (Phi) is 5.70. The minimum Gasteiger partial charge on any atom is -0.490 e. The van der Waals surface area contributed by atoms with Gasteiger partial charge < -0.3 is 15.0 Å². The lowest BCUT2D eigenvalue weighted by Crippen LogP contribution is -2.35. The van der Waals surface area contributed by atoms with E-state index < -0.39 is 0 Å². The number of fused-ring (bicyclic) bond motifs is 1. The van der Waals surface area contributed by atoms with E-state index in [4.69, 9.17) is 4.74 Å². The van der Waals surface area contributed by atoms with Crippen molar-refractivity contribution in [3.05, 3.63) is 60.3 Å². The van der Waals surface area contributed by atoms with Gasteiger partial charge in [0.2, 0.25) is 0 Å². The normalized spacial score (nSPS) is 15.0. The van der Waals surface area contributed by atoms with Gasteiger partial charge in [-0.15, -0.1) is 15.3 Å². The Morgan fingerprint density at radius 1 is 1.03 bits per heavy atom. The van der Waals surface area contributed by atoms with Gasteiger partial charge in [-0.05, 0) is 56.3 Å². The first-order valence-corrected chi connectivity index (χ1v) is 10.9. The Morgan fingerprint density at radius 3 is 2.67 bits per heavy atom. The number of hydrogen-bond donors (Lipinski definition) is 1. The van der Waals surface area contributed by atoms with Crippen LogP contribution in [0.15, 0.2) is 54.7 Å². The molecule has 9 heteroatoms. The molecule has 0 saturated carbocycles. The van der Waals surface area contributed by atoms with E-state index >= 15 is 0 Å². The molecule has 2 aromatic carbocycles. The van der Waals surface area contributed by atoms with Gasteiger partial charge in [0.05, 0.1) is 11.7 Å². The number of carbonyl (C=O) groups is 1. The van der Waals surface area contributed by atoms with Crippen molar-refractivity contribution in [2.75, 3.05) is 25.5 Å². The maximum absolute atomic E-state index is 12.9. The summed E-state index contributed by atoms with van der Waals surface area (Å²) < 4.78 is 7.77. The van der Waals surface area contributed by atoms with Crippen molar-refractivity contribution in [3.8, 4) is 17.0 Å². The number of anilines is 1. The standard InChI is InChI=1S/C24H25N7O2/c1-30-10-8-19(9-11-30)33-20-5-3-4-17(13-20)24(32)25-23-14-18-12-16(6-7-21(18)26-28-23)22-15-31(2)29-27-22/h3-7,12-15,19H,8-11H2,1-2H3,(H,25,28,32). The quantitative estimate of drug-likeness (QED) is 0.506. The molecule has 1 aliphatic heterocycles. The predicted molar refractivity (Wildman–Crippen MR) is 125 cm³/mol. The summed E-state index contributed by atoms with van der Waals surface area (Å²) >= 11 is 0. The fraction of sp³-hybridized carbons (Fsp3) is 0.292. The maximum atomic E-state index is 12.9. The van der Waals surface area contributed by atoms with Crippen LogP contribution in [-0.2, 0) is 7.05 Å². The first-order valence-electron chi connectivity index (χ1n) is 10.9. The third kappa shape index (κ3) is 4.83. The topological polar surface area (TPSA) is 98.1 Å². The van der Waals surface area contributed by atoms with Crippen molar-refractivity contribution in [1.29, 1.82) is 0 Å². The van der Waals surface area contributed by atoms with Gasteiger partial charge in [0.25, 0.3) is 5.91 Å². The van der Waals surface area contributed by atoms with Gasteiger partial charge in [-0.2, -0.15) is 0 Å². The SMILES string of the molecule is CN1CCC(Oc2cccc(C(=O)Nc3cc4cc(-c5cn(C)nn5)ccc4nn3)c2)CC1. The molecule has 4 aromatic rings. The summed E-state index contributed by atoms with van der Waals surface area (Å²) in [6.07, 6.45) is 3.99. The molecule has 0 aliphatic carbocycles. The fourth-order valence-electron chi connectivity index (χ4n) is 3.94. The molecule has 1 N–H and O–H groups in total.